The Hall–Kier alpha value is -2.35. The van der Waals surface area contributed by atoms with Crippen LogP contribution in [0.5, 0.6) is 28.7 Å². The van der Waals surface area contributed by atoms with Crippen LogP contribution in [-0.4, -0.2) is 64.5 Å². The molecule has 2 aromatic rings. The highest BCUT2D eigenvalue weighted by atomic mass is 35.5. The maximum absolute atomic E-state index is 9.51. The third-order valence-corrected chi connectivity index (χ3v) is 6.62. The summed E-state index contributed by atoms with van der Waals surface area (Å²) >= 11 is 0. The molecule has 7 nitrogen and oxygen atoms in total. The zero-order valence-electron chi connectivity index (χ0n) is 19.2. The number of likely N-dealkylation sites (N-methyl/N-ethyl adjacent to an activating group) is 1. The van der Waals surface area contributed by atoms with Gasteiger partial charge in [0.15, 0.2) is 23.0 Å². The van der Waals surface area contributed by atoms with E-state index in [9.17, 15) is 5.11 Å². The van der Waals surface area contributed by atoms with Crippen LogP contribution in [0.1, 0.15) is 29.2 Å². The van der Waals surface area contributed by atoms with Gasteiger partial charge in [-0.15, -0.1) is 0 Å². The number of halogens is 1. The molecule has 0 amide bonds. The monoisotopic (exact) mass is 465 g/mol. The average molecular weight is 466 g/mol. The minimum Gasteiger partial charge on any atom is -1.00 e. The van der Waals surface area contributed by atoms with Crippen molar-refractivity contribution >= 4 is 0 Å². The van der Waals surface area contributed by atoms with E-state index in [1.54, 1.807) is 21.3 Å². The van der Waals surface area contributed by atoms with Crippen molar-refractivity contribution in [2.75, 3.05) is 54.9 Å². The molecule has 32 heavy (non-hydrogen) atoms. The molecule has 2 aliphatic heterocycles. The zero-order valence-corrected chi connectivity index (χ0v) is 19.9. The molecule has 176 valence electrons. The first kappa shape index (κ1) is 24.3. The molecular weight excluding hydrogens is 434 g/mol. The van der Waals surface area contributed by atoms with Crippen molar-refractivity contribution in [2.45, 2.75) is 25.3 Å². The molecule has 2 heterocycles. The van der Waals surface area contributed by atoms with Crippen LogP contribution in [0, 0.1) is 0 Å². The zero-order chi connectivity index (χ0) is 22.0. The van der Waals surface area contributed by atoms with Crippen LogP contribution < -0.4 is 36.1 Å². The molecule has 0 fully saturated rings. The Labute approximate surface area is 195 Å². The van der Waals surface area contributed by atoms with Crippen molar-refractivity contribution in [3.05, 3.63) is 41.0 Å². The molecule has 0 unspecified atom stereocenters. The van der Waals surface area contributed by atoms with Gasteiger partial charge in [0.1, 0.15) is 6.04 Å². The van der Waals surface area contributed by atoms with Crippen LogP contribution in [-0.2, 0) is 12.8 Å². The van der Waals surface area contributed by atoms with E-state index in [1.807, 2.05) is 12.1 Å². The first-order valence-corrected chi connectivity index (χ1v) is 10.7. The summed E-state index contributed by atoms with van der Waals surface area (Å²) in [4.78, 5) is 0. The lowest BCUT2D eigenvalue weighted by atomic mass is 9.86. The van der Waals surface area contributed by atoms with Gasteiger partial charge in [-0.25, -0.2) is 0 Å². The van der Waals surface area contributed by atoms with Gasteiger partial charge in [0.25, 0.3) is 0 Å². The number of nitrogens with zero attached hydrogens (tertiary/aromatic N) is 1. The molecular formula is C24H32ClNO6. The minimum atomic E-state index is 0. The molecule has 0 spiro atoms. The second-order valence-electron chi connectivity index (χ2n) is 8.41. The third kappa shape index (κ3) is 4.42. The number of ether oxygens (including phenoxy) is 5. The molecule has 0 bridgehead atoms. The minimum absolute atomic E-state index is 0. The molecule has 0 saturated heterocycles. The topological polar surface area (TPSA) is 66.4 Å². The van der Waals surface area contributed by atoms with Crippen molar-refractivity contribution in [1.29, 1.82) is 0 Å². The number of aliphatic hydroxyl groups excluding tert-OH is 1. The lowest BCUT2D eigenvalue weighted by Gasteiger charge is -2.46. The van der Waals surface area contributed by atoms with E-state index in [0.29, 0.717) is 17.2 Å². The van der Waals surface area contributed by atoms with Crippen molar-refractivity contribution in [3.8, 4) is 28.7 Å². The van der Waals surface area contributed by atoms with Gasteiger partial charge in [0.05, 0.1) is 41.5 Å². The molecule has 1 N–H and O–H groups in total. The molecule has 2 atom stereocenters. The van der Waals surface area contributed by atoms with Crippen LogP contribution in [0.4, 0.5) is 0 Å². The lowest BCUT2D eigenvalue weighted by molar-refractivity contribution is -0.941. The van der Waals surface area contributed by atoms with Crippen LogP contribution >= 0.6 is 0 Å². The number of hydrogen-bond acceptors (Lipinski definition) is 6. The molecule has 8 heteroatoms. The summed E-state index contributed by atoms with van der Waals surface area (Å²) < 4.78 is 28.8. The number of rotatable bonds is 8. The third-order valence-electron chi connectivity index (χ3n) is 6.62. The smallest absolute Gasteiger partial charge is 0.231 e. The predicted molar refractivity (Wildman–Crippen MR) is 116 cm³/mol. The number of aliphatic hydroxyl groups is 1. The second kappa shape index (κ2) is 10.1. The van der Waals surface area contributed by atoms with E-state index in [1.165, 1.54) is 11.1 Å². The van der Waals surface area contributed by atoms with E-state index in [4.69, 9.17) is 23.7 Å². The molecule has 0 saturated carbocycles. The fraction of sp³-hybridized carbons (Fsp3) is 0.500. The molecule has 0 aromatic heterocycles. The van der Waals surface area contributed by atoms with Gasteiger partial charge < -0.3 is 45.7 Å². The molecule has 0 radical (unpaired) electrons. The largest absolute Gasteiger partial charge is 1.00 e. The maximum atomic E-state index is 9.51. The van der Waals surface area contributed by atoms with E-state index in [0.717, 1.165) is 53.9 Å². The van der Waals surface area contributed by atoms with E-state index < -0.39 is 0 Å². The predicted octanol–water partition coefficient (Wildman–Crippen LogP) is 0.114. The van der Waals surface area contributed by atoms with Crippen molar-refractivity contribution in [3.63, 3.8) is 0 Å². The highest BCUT2D eigenvalue weighted by Gasteiger charge is 2.40. The van der Waals surface area contributed by atoms with Gasteiger partial charge in [0.2, 0.25) is 12.5 Å². The molecule has 2 aliphatic rings. The number of fused-ring (bicyclic) bond motifs is 2. The SMILES string of the molecule is COc1cc(C[C@@H]2c3cc4c(cc3CC[N@@+]2(C)CCCO)OCO4)cc(OC)c1OC.[Cl-]. The van der Waals surface area contributed by atoms with Gasteiger partial charge in [-0.1, -0.05) is 0 Å². The average Bonchev–Trinajstić information content (AvgIpc) is 3.25. The Balaban J connectivity index is 0.00000289. The first-order chi connectivity index (χ1) is 15.0. The molecule has 2 aromatic carbocycles. The summed E-state index contributed by atoms with van der Waals surface area (Å²) in [7, 11) is 7.17. The van der Waals surface area contributed by atoms with Gasteiger partial charge in [-0.05, 0) is 35.4 Å². The Morgan fingerprint density at radius 3 is 2.25 bits per heavy atom. The summed E-state index contributed by atoms with van der Waals surface area (Å²) in [5.41, 5.74) is 3.70. The summed E-state index contributed by atoms with van der Waals surface area (Å²) in [6.07, 6.45) is 2.53. The Morgan fingerprint density at radius 1 is 1.00 bits per heavy atom. The summed E-state index contributed by atoms with van der Waals surface area (Å²) in [6, 6.07) is 8.54. The van der Waals surface area contributed by atoms with Gasteiger partial charge in [-0.3, -0.25) is 0 Å². The van der Waals surface area contributed by atoms with Crippen LogP contribution in [0.15, 0.2) is 24.3 Å². The highest BCUT2D eigenvalue weighted by Crippen LogP contribution is 2.45. The number of quaternary nitrogens is 1. The second-order valence-corrected chi connectivity index (χ2v) is 8.41. The van der Waals surface area contributed by atoms with Gasteiger partial charge in [-0.2, -0.15) is 0 Å². The summed E-state index contributed by atoms with van der Waals surface area (Å²) in [6.45, 7) is 2.37. The fourth-order valence-electron chi connectivity index (χ4n) is 4.90. The van der Waals surface area contributed by atoms with E-state index in [-0.39, 0.29) is 31.8 Å². The summed E-state index contributed by atoms with van der Waals surface area (Å²) in [5.74, 6) is 3.55. The quantitative estimate of drug-likeness (QED) is 0.558. The van der Waals surface area contributed by atoms with E-state index in [2.05, 4.69) is 19.2 Å². The van der Waals surface area contributed by atoms with Crippen LogP contribution in [0.2, 0.25) is 0 Å². The number of methoxy groups -OCH3 is 3. The van der Waals surface area contributed by atoms with Crippen LogP contribution in [0.25, 0.3) is 0 Å². The Bertz CT molecular complexity index is 927. The standard InChI is InChI=1S/C24H32NO6.ClH/c1-25(7-5-9-26)8-6-17-13-20-21(31-15-30-20)14-18(17)19(25)10-16-11-22(27-2)24(29-4)23(12-16)28-3;/h11-14,19,26H,5-10,15H2,1-4H3;1H/q+1;/p-1/t19-,25-;/m1./s1. The Morgan fingerprint density at radius 2 is 1.66 bits per heavy atom. The van der Waals surface area contributed by atoms with Gasteiger partial charge >= 0.3 is 0 Å². The normalized spacial score (nSPS) is 20.8. The number of hydrogen-bond donors (Lipinski definition) is 1. The van der Waals surface area contributed by atoms with E-state index >= 15 is 0 Å². The number of benzene rings is 2. The van der Waals surface area contributed by atoms with Gasteiger partial charge in [0, 0.05) is 31.4 Å². The fourth-order valence-corrected chi connectivity index (χ4v) is 4.90. The molecule has 0 aliphatic carbocycles. The van der Waals surface area contributed by atoms with Crippen molar-refractivity contribution in [2.24, 2.45) is 0 Å². The van der Waals surface area contributed by atoms with Crippen molar-refractivity contribution in [1.82, 2.24) is 0 Å². The highest BCUT2D eigenvalue weighted by molar-refractivity contribution is 5.55. The van der Waals surface area contributed by atoms with Crippen molar-refractivity contribution < 1.29 is 45.7 Å². The lowest BCUT2D eigenvalue weighted by Crippen LogP contribution is -3.00. The Kier molecular flexibility index (Phi) is 7.64. The summed E-state index contributed by atoms with van der Waals surface area (Å²) in [5, 5.41) is 9.51. The molecule has 4 rings (SSSR count). The van der Waals surface area contributed by atoms with Crippen LogP contribution in [0.3, 0.4) is 0 Å². The first-order valence-electron chi connectivity index (χ1n) is 10.7. The maximum Gasteiger partial charge on any atom is 0.231 e.